The first kappa shape index (κ1) is 15.4. The van der Waals surface area contributed by atoms with Gasteiger partial charge in [0.15, 0.2) is 0 Å². The lowest BCUT2D eigenvalue weighted by Crippen LogP contribution is -2.53. The maximum Gasteiger partial charge on any atom is 0.243 e. The van der Waals surface area contributed by atoms with Crippen molar-refractivity contribution in [2.75, 3.05) is 13.1 Å². The van der Waals surface area contributed by atoms with Gasteiger partial charge in [-0.1, -0.05) is 12.1 Å². The molecule has 2 rings (SSSR count). The molecule has 0 amide bonds. The molecule has 1 unspecified atom stereocenters. The smallest absolute Gasteiger partial charge is 0.243 e. The van der Waals surface area contributed by atoms with Crippen LogP contribution < -0.4 is 0 Å². The van der Waals surface area contributed by atoms with E-state index < -0.39 is 15.6 Å². The van der Waals surface area contributed by atoms with Gasteiger partial charge in [0.25, 0.3) is 0 Å². The maximum absolute atomic E-state index is 12.7. The van der Waals surface area contributed by atoms with Crippen molar-refractivity contribution < 1.29 is 18.3 Å². The van der Waals surface area contributed by atoms with Crippen LogP contribution >= 0.6 is 0 Å². The van der Waals surface area contributed by atoms with Crippen molar-refractivity contribution in [3.63, 3.8) is 0 Å². The zero-order valence-electron chi connectivity index (χ0n) is 12.0. The molecule has 1 aromatic rings. The number of morpholine rings is 1. The van der Waals surface area contributed by atoms with Crippen LogP contribution in [0.2, 0.25) is 0 Å². The Labute approximate surface area is 120 Å². The molecule has 1 N–H and O–H groups in total. The van der Waals surface area contributed by atoms with Crippen LogP contribution in [0.15, 0.2) is 29.2 Å². The van der Waals surface area contributed by atoms with Gasteiger partial charge in [-0.25, -0.2) is 8.42 Å². The third-order valence-corrected chi connectivity index (χ3v) is 5.06. The Morgan fingerprint density at radius 2 is 2.15 bits per heavy atom. The van der Waals surface area contributed by atoms with Gasteiger partial charge in [0.05, 0.1) is 23.2 Å². The highest BCUT2D eigenvalue weighted by Crippen LogP contribution is 2.26. The zero-order valence-corrected chi connectivity index (χ0v) is 12.9. The summed E-state index contributed by atoms with van der Waals surface area (Å²) in [6.07, 6.45) is -0.144. The summed E-state index contributed by atoms with van der Waals surface area (Å²) < 4.78 is 32.5. The number of hydrogen-bond donors (Lipinski definition) is 1. The van der Waals surface area contributed by atoms with E-state index in [0.29, 0.717) is 18.7 Å². The van der Waals surface area contributed by atoms with Crippen LogP contribution in [-0.4, -0.2) is 42.6 Å². The Morgan fingerprint density at radius 3 is 2.75 bits per heavy atom. The van der Waals surface area contributed by atoms with E-state index >= 15 is 0 Å². The summed E-state index contributed by atoms with van der Waals surface area (Å²) in [4.78, 5) is 0.217. The topological polar surface area (TPSA) is 66.8 Å². The van der Waals surface area contributed by atoms with Crippen LogP contribution in [0.4, 0.5) is 0 Å². The first-order valence-corrected chi connectivity index (χ1v) is 8.06. The Balaban J connectivity index is 2.34. The molecule has 1 heterocycles. The summed E-state index contributed by atoms with van der Waals surface area (Å²) in [5.74, 6) is 0. The predicted octanol–water partition coefficient (Wildman–Crippen LogP) is 1.37. The van der Waals surface area contributed by atoms with Gasteiger partial charge in [0, 0.05) is 13.1 Å². The Hall–Kier alpha value is -0.950. The summed E-state index contributed by atoms with van der Waals surface area (Å²) in [7, 11) is -3.56. The molecule has 0 saturated carbocycles. The van der Waals surface area contributed by atoms with E-state index in [1.165, 1.54) is 10.4 Å². The molecule has 1 saturated heterocycles. The van der Waals surface area contributed by atoms with Crippen molar-refractivity contribution in [3.8, 4) is 0 Å². The van der Waals surface area contributed by atoms with Gasteiger partial charge in [-0.2, -0.15) is 4.31 Å². The molecule has 1 aliphatic rings. The maximum atomic E-state index is 12.7. The molecule has 0 spiro atoms. The number of aliphatic hydroxyl groups excluding tert-OH is 1. The van der Waals surface area contributed by atoms with E-state index in [2.05, 4.69) is 0 Å². The fourth-order valence-electron chi connectivity index (χ4n) is 2.53. The number of nitrogens with zero attached hydrogens (tertiary/aromatic N) is 1. The standard InChI is InChI=1S/C14H21NO4S/c1-11-8-15(10-14(2,3)19-11)20(17,18)13-6-4-5-12(7-13)9-16/h4-7,11,16H,8-10H2,1-3H3. The lowest BCUT2D eigenvalue weighted by atomic mass is 10.1. The Morgan fingerprint density at radius 1 is 1.45 bits per heavy atom. The van der Waals surface area contributed by atoms with Crippen LogP contribution in [0.25, 0.3) is 0 Å². The van der Waals surface area contributed by atoms with E-state index in [-0.39, 0.29) is 17.6 Å². The first-order valence-electron chi connectivity index (χ1n) is 6.62. The number of ether oxygens (including phenoxy) is 1. The van der Waals surface area contributed by atoms with E-state index in [1.807, 2.05) is 20.8 Å². The molecule has 112 valence electrons. The summed E-state index contributed by atoms with van der Waals surface area (Å²) in [6.45, 7) is 6.13. The fraction of sp³-hybridized carbons (Fsp3) is 0.571. The average Bonchev–Trinajstić information content (AvgIpc) is 2.36. The SMILES string of the molecule is CC1CN(S(=O)(=O)c2cccc(CO)c2)CC(C)(C)O1. The largest absolute Gasteiger partial charge is 0.392 e. The molecule has 1 aliphatic heterocycles. The second-order valence-electron chi connectivity index (χ2n) is 5.79. The van der Waals surface area contributed by atoms with Gasteiger partial charge in [0.2, 0.25) is 10.0 Å². The van der Waals surface area contributed by atoms with E-state index in [0.717, 1.165) is 0 Å². The van der Waals surface area contributed by atoms with Crippen LogP contribution in [0.5, 0.6) is 0 Å². The van der Waals surface area contributed by atoms with Crippen molar-refractivity contribution >= 4 is 10.0 Å². The third kappa shape index (κ3) is 3.20. The van der Waals surface area contributed by atoms with E-state index in [1.54, 1.807) is 18.2 Å². The van der Waals surface area contributed by atoms with Crippen molar-refractivity contribution in [2.45, 2.75) is 44.0 Å². The summed E-state index contributed by atoms with van der Waals surface area (Å²) in [5, 5.41) is 9.13. The minimum Gasteiger partial charge on any atom is -0.392 e. The van der Waals surface area contributed by atoms with Crippen molar-refractivity contribution in [1.29, 1.82) is 0 Å². The normalized spacial score (nSPS) is 23.7. The molecule has 1 fully saturated rings. The number of aliphatic hydroxyl groups is 1. The summed E-state index contributed by atoms with van der Waals surface area (Å²) in [5.41, 5.74) is 0.0888. The number of sulfonamides is 1. The lowest BCUT2D eigenvalue weighted by molar-refractivity contribution is -0.109. The van der Waals surface area contributed by atoms with Gasteiger partial charge >= 0.3 is 0 Å². The van der Waals surface area contributed by atoms with Crippen LogP contribution in [0.3, 0.4) is 0 Å². The number of rotatable bonds is 3. The fourth-order valence-corrected chi connectivity index (χ4v) is 4.27. The van der Waals surface area contributed by atoms with E-state index in [4.69, 9.17) is 9.84 Å². The summed E-state index contributed by atoms with van der Waals surface area (Å²) in [6, 6.07) is 6.42. The highest BCUT2D eigenvalue weighted by molar-refractivity contribution is 7.89. The molecule has 6 heteroatoms. The van der Waals surface area contributed by atoms with Gasteiger partial charge < -0.3 is 9.84 Å². The highest BCUT2D eigenvalue weighted by atomic mass is 32.2. The van der Waals surface area contributed by atoms with Crippen LogP contribution in [0, 0.1) is 0 Å². The van der Waals surface area contributed by atoms with Crippen LogP contribution in [-0.2, 0) is 21.4 Å². The Bertz CT molecular complexity index is 583. The molecule has 0 aliphatic carbocycles. The molecule has 20 heavy (non-hydrogen) atoms. The number of benzene rings is 1. The Kier molecular flexibility index (Phi) is 4.20. The highest BCUT2D eigenvalue weighted by Gasteiger charge is 2.37. The van der Waals surface area contributed by atoms with E-state index in [9.17, 15) is 8.42 Å². The zero-order chi connectivity index (χ0) is 15.0. The van der Waals surface area contributed by atoms with Gasteiger partial charge in [0.1, 0.15) is 0 Å². The summed E-state index contributed by atoms with van der Waals surface area (Å²) >= 11 is 0. The minimum atomic E-state index is -3.56. The molecule has 0 aromatic heterocycles. The van der Waals surface area contributed by atoms with Gasteiger partial charge in [-0.15, -0.1) is 0 Å². The molecule has 0 bridgehead atoms. The van der Waals surface area contributed by atoms with Crippen molar-refractivity contribution in [1.82, 2.24) is 4.31 Å². The van der Waals surface area contributed by atoms with Crippen molar-refractivity contribution in [3.05, 3.63) is 29.8 Å². The molecule has 1 atom stereocenters. The first-order chi connectivity index (χ1) is 9.24. The molecule has 0 radical (unpaired) electrons. The molecule has 5 nitrogen and oxygen atoms in total. The van der Waals surface area contributed by atoms with Gasteiger partial charge in [-0.05, 0) is 38.5 Å². The monoisotopic (exact) mass is 299 g/mol. The lowest BCUT2D eigenvalue weighted by Gasteiger charge is -2.40. The second-order valence-corrected chi connectivity index (χ2v) is 7.73. The molecular formula is C14H21NO4S. The van der Waals surface area contributed by atoms with Gasteiger partial charge in [-0.3, -0.25) is 0 Å². The number of hydrogen-bond acceptors (Lipinski definition) is 4. The van der Waals surface area contributed by atoms with Crippen molar-refractivity contribution in [2.24, 2.45) is 0 Å². The van der Waals surface area contributed by atoms with Crippen LogP contribution in [0.1, 0.15) is 26.3 Å². The molecular weight excluding hydrogens is 278 g/mol. The minimum absolute atomic E-state index is 0.144. The predicted molar refractivity (Wildman–Crippen MR) is 75.7 cm³/mol. The third-order valence-electron chi connectivity index (χ3n) is 3.26. The second kappa shape index (κ2) is 5.44. The molecule has 1 aromatic carbocycles. The average molecular weight is 299 g/mol. The quantitative estimate of drug-likeness (QED) is 0.915.